The van der Waals surface area contributed by atoms with Gasteiger partial charge in [0, 0.05) is 12.3 Å². The normalized spacial score (nSPS) is 33.8. The maximum atomic E-state index is 11.0. The highest BCUT2D eigenvalue weighted by Crippen LogP contribution is 2.41. The van der Waals surface area contributed by atoms with Gasteiger partial charge >= 0.3 is 0 Å². The van der Waals surface area contributed by atoms with Gasteiger partial charge < -0.3 is 4.74 Å². The lowest BCUT2D eigenvalue weighted by Crippen LogP contribution is -2.27. The molecule has 0 aromatic rings. The molecule has 1 fully saturated rings. The largest absolute Gasteiger partial charge is 0.371 e. The van der Waals surface area contributed by atoms with Gasteiger partial charge in [0.15, 0.2) is 5.78 Å². The Labute approximate surface area is 66.2 Å². The first-order valence-electron chi connectivity index (χ1n) is 3.97. The van der Waals surface area contributed by atoms with Crippen molar-refractivity contribution in [3.8, 4) is 0 Å². The van der Waals surface area contributed by atoms with Crippen LogP contribution in [0.1, 0.15) is 20.3 Å². The van der Waals surface area contributed by atoms with E-state index in [1.165, 1.54) is 5.57 Å². The molecule has 0 amide bonds. The molecule has 2 nitrogen and oxygen atoms in total. The molecule has 0 spiro atoms. The molecule has 2 rings (SSSR count). The molecule has 2 aliphatic rings. The van der Waals surface area contributed by atoms with Crippen molar-refractivity contribution >= 4 is 5.78 Å². The summed E-state index contributed by atoms with van der Waals surface area (Å²) < 4.78 is 5.54. The number of carbonyl (C=O) groups excluding carboxylic acids is 1. The van der Waals surface area contributed by atoms with E-state index < -0.39 is 0 Å². The fourth-order valence-corrected chi connectivity index (χ4v) is 1.90. The van der Waals surface area contributed by atoms with Crippen LogP contribution in [0.3, 0.4) is 0 Å². The van der Waals surface area contributed by atoms with E-state index >= 15 is 0 Å². The Morgan fingerprint density at radius 2 is 2.36 bits per heavy atom. The summed E-state index contributed by atoms with van der Waals surface area (Å²) in [5.74, 6) is 0.622. The Hall–Kier alpha value is -0.630. The van der Waals surface area contributed by atoms with Gasteiger partial charge in [0.1, 0.15) is 0 Å². The number of fused-ring (bicyclic) bond motifs is 1. The lowest BCUT2D eigenvalue weighted by molar-refractivity contribution is -0.115. The van der Waals surface area contributed by atoms with Crippen LogP contribution in [0.5, 0.6) is 0 Å². The topological polar surface area (TPSA) is 26.3 Å². The molecule has 0 N–H and O–H groups in total. The van der Waals surface area contributed by atoms with E-state index in [4.69, 9.17) is 4.74 Å². The second kappa shape index (κ2) is 1.95. The Kier molecular flexibility index (Phi) is 1.25. The minimum absolute atomic E-state index is 0.113. The van der Waals surface area contributed by atoms with Crippen LogP contribution in [-0.2, 0) is 9.53 Å². The fraction of sp³-hybridized carbons (Fsp3) is 0.667. The van der Waals surface area contributed by atoms with E-state index in [0.717, 1.165) is 0 Å². The monoisotopic (exact) mass is 152 g/mol. The van der Waals surface area contributed by atoms with Crippen LogP contribution in [0.25, 0.3) is 0 Å². The van der Waals surface area contributed by atoms with Gasteiger partial charge in [-0.25, -0.2) is 0 Å². The average molecular weight is 152 g/mol. The first kappa shape index (κ1) is 7.04. The molecule has 1 unspecified atom stereocenters. The first-order chi connectivity index (χ1) is 5.09. The van der Waals surface area contributed by atoms with E-state index in [1.807, 2.05) is 0 Å². The van der Waals surface area contributed by atoms with Crippen LogP contribution < -0.4 is 0 Å². The molecule has 0 saturated carbocycles. The molecule has 0 radical (unpaired) electrons. The van der Waals surface area contributed by atoms with Crippen LogP contribution in [0.2, 0.25) is 0 Å². The van der Waals surface area contributed by atoms with Crippen LogP contribution in [0, 0.1) is 5.92 Å². The number of hydrogen-bond donors (Lipinski definition) is 0. The van der Waals surface area contributed by atoms with Gasteiger partial charge in [-0.1, -0.05) is 0 Å². The quantitative estimate of drug-likeness (QED) is 0.523. The van der Waals surface area contributed by atoms with Crippen molar-refractivity contribution in [2.45, 2.75) is 25.9 Å². The Morgan fingerprint density at radius 1 is 1.64 bits per heavy atom. The average Bonchev–Trinajstić information content (AvgIpc) is 2.35. The highest BCUT2D eigenvalue weighted by atomic mass is 16.5. The van der Waals surface area contributed by atoms with Gasteiger partial charge in [-0.3, -0.25) is 4.79 Å². The third-order valence-electron chi connectivity index (χ3n) is 2.65. The van der Waals surface area contributed by atoms with Gasteiger partial charge in [-0.15, -0.1) is 0 Å². The van der Waals surface area contributed by atoms with Gasteiger partial charge in [-0.05, 0) is 25.5 Å². The second-order valence-corrected chi connectivity index (χ2v) is 3.83. The van der Waals surface area contributed by atoms with Crippen molar-refractivity contribution in [2.75, 3.05) is 6.61 Å². The van der Waals surface area contributed by atoms with Crippen LogP contribution >= 0.6 is 0 Å². The number of hydrogen-bond acceptors (Lipinski definition) is 2. The molecular formula is C9H12O2. The summed E-state index contributed by atoms with van der Waals surface area (Å²) in [7, 11) is 0. The van der Waals surface area contributed by atoms with Crippen LogP contribution in [0.15, 0.2) is 11.6 Å². The Morgan fingerprint density at radius 3 is 3.00 bits per heavy atom. The van der Waals surface area contributed by atoms with Crippen molar-refractivity contribution in [1.82, 2.24) is 0 Å². The van der Waals surface area contributed by atoms with E-state index in [-0.39, 0.29) is 11.4 Å². The number of rotatable bonds is 0. The van der Waals surface area contributed by atoms with Gasteiger partial charge in [0.2, 0.25) is 0 Å². The summed E-state index contributed by atoms with van der Waals surface area (Å²) in [4.78, 5) is 11.0. The highest BCUT2D eigenvalue weighted by Gasteiger charge is 2.43. The lowest BCUT2D eigenvalue weighted by Gasteiger charge is -2.22. The zero-order valence-corrected chi connectivity index (χ0v) is 6.89. The molecule has 1 heterocycles. The van der Waals surface area contributed by atoms with Crippen molar-refractivity contribution in [1.29, 1.82) is 0 Å². The summed E-state index contributed by atoms with van der Waals surface area (Å²) in [5.41, 5.74) is 1.08. The molecule has 0 aromatic carbocycles. The highest BCUT2D eigenvalue weighted by molar-refractivity contribution is 5.94. The SMILES string of the molecule is CC1(C)OCC2=CC(=O)CC21. The summed E-state index contributed by atoms with van der Waals surface area (Å²) in [6.45, 7) is 4.76. The zero-order valence-electron chi connectivity index (χ0n) is 6.89. The predicted octanol–water partition coefficient (Wildman–Crippen LogP) is 1.31. The molecule has 1 saturated heterocycles. The Balaban J connectivity index is 2.31. The van der Waals surface area contributed by atoms with E-state index in [2.05, 4.69) is 13.8 Å². The number of ketones is 1. The maximum absolute atomic E-state index is 11.0. The molecule has 1 atom stereocenters. The van der Waals surface area contributed by atoms with Crippen molar-refractivity contribution < 1.29 is 9.53 Å². The Bertz CT molecular complexity index is 238. The van der Waals surface area contributed by atoms with Gasteiger partial charge in [0.05, 0.1) is 12.2 Å². The molecule has 11 heavy (non-hydrogen) atoms. The van der Waals surface area contributed by atoms with Gasteiger partial charge in [0.25, 0.3) is 0 Å². The van der Waals surface area contributed by atoms with E-state index in [9.17, 15) is 4.79 Å². The fourth-order valence-electron chi connectivity index (χ4n) is 1.90. The summed E-state index contributed by atoms with van der Waals surface area (Å²) in [5, 5.41) is 0. The minimum Gasteiger partial charge on any atom is -0.371 e. The summed E-state index contributed by atoms with van der Waals surface area (Å²) in [6, 6.07) is 0. The van der Waals surface area contributed by atoms with Gasteiger partial charge in [-0.2, -0.15) is 0 Å². The molecule has 60 valence electrons. The number of allylic oxidation sites excluding steroid dienone is 1. The third-order valence-corrected chi connectivity index (χ3v) is 2.65. The van der Waals surface area contributed by atoms with Crippen molar-refractivity contribution in [2.24, 2.45) is 5.92 Å². The first-order valence-corrected chi connectivity index (χ1v) is 3.97. The van der Waals surface area contributed by atoms with Crippen LogP contribution in [0.4, 0.5) is 0 Å². The molecule has 0 bridgehead atoms. The zero-order chi connectivity index (χ0) is 8.06. The van der Waals surface area contributed by atoms with E-state index in [0.29, 0.717) is 18.9 Å². The third kappa shape index (κ3) is 0.932. The van der Waals surface area contributed by atoms with Crippen molar-refractivity contribution in [3.05, 3.63) is 11.6 Å². The predicted molar refractivity (Wildman–Crippen MR) is 41.2 cm³/mol. The van der Waals surface area contributed by atoms with Crippen LogP contribution in [-0.4, -0.2) is 18.0 Å². The lowest BCUT2D eigenvalue weighted by atomic mass is 9.88. The summed E-state index contributed by atoms with van der Waals surface area (Å²) >= 11 is 0. The standard InChI is InChI=1S/C9H12O2/c1-9(2)8-4-7(10)3-6(8)5-11-9/h3,8H,4-5H2,1-2H3. The number of carbonyl (C=O) groups is 1. The molecule has 2 heteroatoms. The molecular weight excluding hydrogens is 140 g/mol. The smallest absolute Gasteiger partial charge is 0.156 e. The minimum atomic E-state index is -0.113. The summed E-state index contributed by atoms with van der Waals surface area (Å²) in [6.07, 6.45) is 2.40. The maximum Gasteiger partial charge on any atom is 0.156 e. The van der Waals surface area contributed by atoms with Crippen molar-refractivity contribution in [3.63, 3.8) is 0 Å². The molecule has 1 aliphatic carbocycles. The molecule has 0 aromatic heterocycles. The van der Waals surface area contributed by atoms with E-state index in [1.54, 1.807) is 6.08 Å². The molecule has 1 aliphatic heterocycles. The second-order valence-electron chi connectivity index (χ2n) is 3.83. The number of ether oxygens (including phenoxy) is 1.